The number of nitrogens with one attached hydrogen (secondary N) is 3. The Morgan fingerprint density at radius 2 is 2.04 bits per heavy atom. The molecule has 0 spiro atoms. The summed E-state index contributed by atoms with van der Waals surface area (Å²) in [6.45, 7) is 5.11. The summed E-state index contributed by atoms with van der Waals surface area (Å²) in [5, 5.41) is 8.34. The SMILES string of the molecule is CCO[C@@H]1COC[C@H]1NC(=O)Nc1ccc(OC)c(NC(=O)CC)c1. The van der Waals surface area contributed by atoms with Crippen LogP contribution in [0, 0.1) is 0 Å². The molecular formula is C17H25N3O5. The summed E-state index contributed by atoms with van der Waals surface area (Å²) >= 11 is 0. The van der Waals surface area contributed by atoms with E-state index in [1.54, 1.807) is 25.1 Å². The van der Waals surface area contributed by atoms with E-state index in [1.807, 2.05) is 6.92 Å². The van der Waals surface area contributed by atoms with Gasteiger partial charge in [-0.15, -0.1) is 0 Å². The fourth-order valence-corrected chi connectivity index (χ4v) is 2.51. The molecular weight excluding hydrogens is 326 g/mol. The molecule has 0 radical (unpaired) electrons. The van der Waals surface area contributed by atoms with E-state index in [9.17, 15) is 9.59 Å². The van der Waals surface area contributed by atoms with Crippen LogP contribution in [0.25, 0.3) is 0 Å². The Morgan fingerprint density at radius 1 is 1.24 bits per heavy atom. The molecule has 2 rings (SSSR count). The maximum absolute atomic E-state index is 12.2. The summed E-state index contributed by atoms with van der Waals surface area (Å²) in [6.07, 6.45) is 0.202. The van der Waals surface area contributed by atoms with Crippen molar-refractivity contribution < 1.29 is 23.8 Å². The molecule has 8 nitrogen and oxygen atoms in total. The fourth-order valence-electron chi connectivity index (χ4n) is 2.51. The van der Waals surface area contributed by atoms with Gasteiger partial charge in [-0.05, 0) is 25.1 Å². The maximum Gasteiger partial charge on any atom is 0.319 e. The summed E-state index contributed by atoms with van der Waals surface area (Å²) in [6, 6.07) is 4.47. The molecule has 8 heteroatoms. The van der Waals surface area contributed by atoms with Gasteiger partial charge in [0.15, 0.2) is 0 Å². The number of hydrogen-bond acceptors (Lipinski definition) is 5. The van der Waals surface area contributed by atoms with Gasteiger partial charge in [0, 0.05) is 18.7 Å². The zero-order valence-corrected chi connectivity index (χ0v) is 14.8. The minimum atomic E-state index is -0.363. The van der Waals surface area contributed by atoms with Gasteiger partial charge in [-0.3, -0.25) is 4.79 Å². The Kier molecular flexibility index (Phi) is 7.03. The molecule has 25 heavy (non-hydrogen) atoms. The molecule has 1 aliphatic heterocycles. The highest BCUT2D eigenvalue weighted by Crippen LogP contribution is 2.28. The maximum atomic E-state index is 12.2. The molecule has 3 amide bonds. The largest absolute Gasteiger partial charge is 0.495 e. The third-order valence-corrected chi connectivity index (χ3v) is 3.78. The van der Waals surface area contributed by atoms with E-state index in [0.29, 0.717) is 43.4 Å². The average molecular weight is 351 g/mol. The molecule has 0 aromatic heterocycles. The first-order valence-corrected chi connectivity index (χ1v) is 8.32. The molecule has 138 valence electrons. The van der Waals surface area contributed by atoms with Gasteiger partial charge in [0.1, 0.15) is 11.9 Å². The summed E-state index contributed by atoms with van der Waals surface area (Å²) in [5.74, 6) is 0.385. The predicted octanol–water partition coefficient (Wildman–Crippen LogP) is 1.97. The van der Waals surface area contributed by atoms with Gasteiger partial charge in [-0.25, -0.2) is 4.79 Å². The van der Waals surface area contributed by atoms with Crippen LogP contribution in [0.1, 0.15) is 20.3 Å². The van der Waals surface area contributed by atoms with Crippen LogP contribution in [0.15, 0.2) is 18.2 Å². The summed E-state index contributed by atoms with van der Waals surface area (Å²) in [7, 11) is 1.52. The van der Waals surface area contributed by atoms with Crippen molar-refractivity contribution in [3.8, 4) is 5.75 Å². The van der Waals surface area contributed by atoms with E-state index in [0.717, 1.165) is 0 Å². The lowest BCUT2D eigenvalue weighted by molar-refractivity contribution is -0.115. The average Bonchev–Trinajstić information content (AvgIpc) is 3.02. The van der Waals surface area contributed by atoms with Crippen LogP contribution in [0.2, 0.25) is 0 Å². The van der Waals surface area contributed by atoms with Crippen molar-refractivity contribution in [3.63, 3.8) is 0 Å². The first-order chi connectivity index (χ1) is 12.1. The summed E-state index contributed by atoms with van der Waals surface area (Å²) in [4.78, 5) is 23.8. The summed E-state index contributed by atoms with van der Waals surface area (Å²) in [5.41, 5.74) is 1.04. The molecule has 2 atom stereocenters. The zero-order valence-electron chi connectivity index (χ0n) is 14.8. The van der Waals surface area contributed by atoms with E-state index in [4.69, 9.17) is 14.2 Å². The second-order valence-corrected chi connectivity index (χ2v) is 5.55. The van der Waals surface area contributed by atoms with E-state index < -0.39 is 0 Å². The highest BCUT2D eigenvalue weighted by atomic mass is 16.5. The van der Waals surface area contributed by atoms with Crippen LogP contribution in [0.3, 0.4) is 0 Å². The van der Waals surface area contributed by atoms with Crippen molar-refractivity contribution in [1.82, 2.24) is 5.32 Å². The number of urea groups is 1. The standard InChI is InChI=1S/C17H25N3O5/c1-4-16(21)19-12-8-11(6-7-14(12)23-3)18-17(22)20-13-9-24-10-15(13)25-5-2/h6-8,13,15H,4-5,9-10H2,1-3H3,(H,19,21)(H2,18,20,22)/t13-,15-/m1/s1. The van der Waals surface area contributed by atoms with Gasteiger partial charge < -0.3 is 30.2 Å². The number of carbonyl (C=O) groups excluding carboxylic acids is 2. The van der Waals surface area contributed by atoms with Crippen molar-refractivity contribution in [2.75, 3.05) is 37.6 Å². The van der Waals surface area contributed by atoms with Crippen LogP contribution in [0.4, 0.5) is 16.2 Å². The van der Waals surface area contributed by atoms with E-state index in [1.165, 1.54) is 7.11 Å². The van der Waals surface area contributed by atoms with Crippen molar-refractivity contribution in [1.29, 1.82) is 0 Å². The van der Waals surface area contributed by atoms with Crippen LogP contribution in [-0.2, 0) is 14.3 Å². The van der Waals surface area contributed by atoms with E-state index in [-0.39, 0.29) is 24.1 Å². The van der Waals surface area contributed by atoms with Crippen LogP contribution in [0.5, 0.6) is 5.75 Å². The zero-order chi connectivity index (χ0) is 18.2. The third kappa shape index (κ3) is 5.33. The molecule has 1 saturated heterocycles. The molecule has 1 fully saturated rings. The minimum Gasteiger partial charge on any atom is -0.495 e. The van der Waals surface area contributed by atoms with Gasteiger partial charge in [0.2, 0.25) is 5.91 Å². The third-order valence-electron chi connectivity index (χ3n) is 3.78. The number of hydrogen-bond donors (Lipinski definition) is 3. The van der Waals surface area contributed by atoms with Gasteiger partial charge in [-0.2, -0.15) is 0 Å². The van der Waals surface area contributed by atoms with Crippen LogP contribution < -0.4 is 20.7 Å². The van der Waals surface area contributed by atoms with E-state index in [2.05, 4.69) is 16.0 Å². The molecule has 1 aromatic rings. The Balaban J connectivity index is 2.00. The molecule has 1 aromatic carbocycles. The second-order valence-electron chi connectivity index (χ2n) is 5.55. The number of anilines is 2. The quantitative estimate of drug-likeness (QED) is 0.698. The molecule has 0 bridgehead atoms. The van der Waals surface area contributed by atoms with Crippen molar-refractivity contribution in [2.24, 2.45) is 0 Å². The number of amides is 3. The molecule has 0 aliphatic carbocycles. The van der Waals surface area contributed by atoms with Gasteiger partial charge in [0.05, 0.1) is 32.1 Å². The van der Waals surface area contributed by atoms with Gasteiger partial charge >= 0.3 is 6.03 Å². The first-order valence-electron chi connectivity index (χ1n) is 8.32. The molecule has 1 aliphatic rings. The van der Waals surface area contributed by atoms with Gasteiger partial charge in [0.25, 0.3) is 0 Å². The smallest absolute Gasteiger partial charge is 0.319 e. The number of methoxy groups -OCH3 is 1. The molecule has 1 heterocycles. The Morgan fingerprint density at radius 3 is 2.72 bits per heavy atom. The molecule has 0 saturated carbocycles. The Labute approximate surface area is 147 Å². The lowest BCUT2D eigenvalue weighted by Gasteiger charge is -2.19. The Bertz CT molecular complexity index is 608. The number of benzene rings is 1. The van der Waals surface area contributed by atoms with Gasteiger partial charge in [-0.1, -0.05) is 6.92 Å². The Hall–Kier alpha value is -2.32. The molecule has 3 N–H and O–H groups in total. The van der Waals surface area contributed by atoms with Crippen LogP contribution in [-0.4, -0.2) is 51.0 Å². The van der Waals surface area contributed by atoms with Crippen molar-refractivity contribution >= 4 is 23.3 Å². The summed E-state index contributed by atoms with van der Waals surface area (Å²) < 4.78 is 16.1. The second kappa shape index (κ2) is 9.24. The van der Waals surface area contributed by atoms with Crippen molar-refractivity contribution in [3.05, 3.63) is 18.2 Å². The molecule has 0 unspecified atom stereocenters. The lowest BCUT2D eigenvalue weighted by Crippen LogP contribution is -2.45. The normalized spacial score (nSPS) is 19.3. The monoisotopic (exact) mass is 351 g/mol. The number of ether oxygens (including phenoxy) is 3. The van der Waals surface area contributed by atoms with Crippen LogP contribution >= 0.6 is 0 Å². The fraction of sp³-hybridized carbons (Fsp3) is 0.529. The lowest BCUT2D eigenvalue weighted by atomic mass is 10.2. The predicted molar refractivity (Wildman–Crippen MR) is 94.1 cm³/mol. The highest BCUT2D eigenvalue weighted by Gasteiger charge is 2.30. The highest BCUT2D eigenvalue weighted by molar-refractivity contribution is 5.95. The number of carbonyl (C=O) groups is 2. The van der Waals surface area contributed by atoms with E-state index >= 15 is 0 Å². The minimum absolute atomic E-state index is 0.137. The topological polar surface area (TPSA) is 97.9 Å². The number of rotatable bonds is 7. The van der Waals surface area contributed by atoms with Crippen molar-refractivity contribution in [2.45, 2.75) is 32.4 Å². The first kappa shape index (κ1) is 19.0.